The number of rotatable bonds is 3. The van der Waals surface area contributed by atoms with Crippen molar-refractivity contribution in [1.29, 1.82) is 0 Å². The Morgan fingerprint density at radius 1 is 1.11 bits per heavy atom. The van der Waals surface area contributed by atoms with Gasteiger partial charge in [-0.3, -0.25) is 0 Å². The summed E-state index contributed by atoms with van der Waals surface area (Å²) in [5.74, 6) is 0.701. The molecule has 3 aromatic rings. The molecule has 1 N–H and O–H groups in total. The summed E-state index contributed by atoms with van der Waals surface area (Å²) in [6.07, 6.45) is 0. The first-order chi connectivity index (χ1) is 8.83. The van der Waals surface area contributed by atoms with E-state index < -0.39 is 0 Å². The Hall–Kier alpha value is -2.56. The number of aryl methyl sites for hydroxylation is 1. The summed E-state index contributed by atoms with van der Waals surface area (Å²) in [5.41, 5.74) is 5.56. The smallest absolute Gasteiger partial charge is 0.157 e. The third-order valence-electron chi connectivity index (χ3n) is 2.64. The first-order valence-corrected chi connectivity index (χ1v) is 5.60. The first kappa shape index (κ1) is 10.6. The Morgan fingerprint density at radius 2 is 1.94 bits per heavy atom. The summed E-state index contributed by atoms with van der Waals surface area (Å²) < 4.78 is 1.73. The van der Waals surface area contributed by atoms with Crippen molar-refractivity contribution in [2.75, 3.05) is 5.48 Å². The van der Waals surface area contributed by atoms with E-state index in [0.29, 0.717) is 5.75 Å². The molecule has 1 heterocycles. The minimum atomic E-state index is 0.701. The molecule has 90 valence electrons. The molecule has 0 saturated carbocycles. The molecule has 0 aliphatic heterocycles. The molecular formula is C13H12N4O. The molecule has 0 aliphatic carbocycles. The fourth-order valence-corrected chi connectivity index (χ4v) is 1.71. The Labute approximate surface area is 104 Å². The number of anilines is 1. The van der Waals surface area contributed by atoms with Crippen molar-refractivity contribution >= 4 is 16.7 Å². The van der Waals surface area contributed by atoms with Gasteiger partial charge in [-0.05, 0) is 24.3 Å². The summed E-state index contributed by atoms with van der Waals surface area (Å²) in [7, 11) is 1.86. The second kappa shape index (κ2) is 4.37. The molecule has 5 nitrogen and oxygen atoms in total. The average Bonchev–Trinajstić information content (AvgIpc) is 2.79. The minimum Gasteiger partial charge on any atom is -0.382 e. The normalized spacial score (nSPS) is 10.5. The van der Waals surface area contributed by atoms with Gasteiger partial charge in [0.1, 0.15) is 5.52 Å². The molecule has 5 heteroatoms. The number of nitrogens with zero attached hydrogens (tertiary/aromatic N) is 3. The van der Waals surface area contributed by atoms with Gasteiger partial charge in [-0.1, -0.05) is 23.4 Å². The van der Waals surface area contributed by atoms with Crippen molar-refractivity contribution in [1.82, 2.24) is 15.0 Å². The Bertz CT molecular complexity index is 663. The van der Waals surface area contributed by atoms with Gasteiger partial charge in [-0.2, -0.15) is 0 Å². The number of aromatic nitrogens is 3. The van der Waals surface area contributed by atoms with Crippen LogP contribution in [0.15, 0.2) is 48.5 Å². The van der Waals surface area contributed by atoms with E-state index >= 15 is 0 Å². The summed E-state index contributed by atoms with van der Waals surface area (Å²) >= 11 is 0. The van der Waals surface area contributed by atoms with Crippen LogP contribution in [0.2, 0.25) is 0 Å². The lowest BCUT2D eigenvalue weighted by molar-refractivity contribution is 0.405. The number of hydrogen-bond donors (Lipinski definition) is 1. The molecule has 0 radical (unpaired) electrons. The highest BCUT2D eigenvalue weighted by Gasteiger charge is 2.03. The number of para-hydroxylation sites is 1. The first-order valence-electron chi connectivity index (χ1n) is 5.60. The van der Waals surface area contributed by atoms with Crippen molar-refractivity contribution in [3.8, 4) is 5.75 Å². The maximum Gasteiger partial charge on any atom is 0.157 e. The van der Waals surface area contributed by atoms with Crippen LogP contribution in [0.25, 0.3) is 11.0 Å². The Kier molecular flexibility index (Phi) is 2.57. The zero-order valence-corrected chi connectivity index (χ0v) is 9.87. The predicted molar refractivity (Wildman–Crippen MR) is 69.2 cm³/mol. The fraction of sp³-hybridized carbons (Fsp3) is 0.0769. The molecule has 18 heavy (non-hydrogen) atoms. The number of fused-ring (bicyclic) bond motifs is 1. The fourth-order valence-electron chi connectivity index (χ4n) is 1.71. The Morgan fingerprint density at radius 3 is 2.78 bits per heavy atom. The maximum absolute atomic E-state index is 5.48. The molecule has 0 saturated heterocycles. The van der Waals surface area contributed by atoms with Gasteiger partial charge in [0.2, 0.25) is 0 Å². The van der Waals surface area contributed by atoms with E-state index in [2.05, 4.69) is 15.8 Å². The summed E-state index contributed by atoms with van der Waals surface area (Å²) in [6, 6.07) is 15.4. The highest BCUT2D eigenvalue weighted by atomic mass is 16.6. The Balaban J connectivity index is 1.79. The molecule has 0 amide bonds. The van der Waals surface area contributed by atoms with Crippen molar-refractivity contribution in [2.24, 2.45) is 7.05 Å². The summed E-state index contributed by atoms with van der Waals surface area (Å²) in [6.45, 7) is 0. The van der Waals surface area contributed by atoms with Gasteiger partial charge < -0.3 is 4.84 Å². The standard InChI is InChI=1S/C13H12N4O/c1-17-13-8-7-11(9-12(13)14-16-17)18-15-10-5-3-2-4-6-10/h2-9,15H,1H3. The van der Waals surface area contributed by atoms with Crippen LogP contribution in [0.4, 0.5) is 5.69 Å². The zero-order valence-electron chi connectivity index (χ0n) is 9.87. The molecular weight excluding hydrogens is 228 g/mol. The zero-order chi connectivity index (χ0) is 12.4. The average molecular weight is 240 g/mol. The molecule has 0 fully saturated rings. The van der Waals surface area contributed by atoms with Crippen molar-refractivity contribution in [3.63, 3.8) is 0 Å². The highest BCUT2D eigenvalue weighted by molar-refractivity contribution is 5.75. The predicted octanol–water partition coefficient (Wildman–Crippen LogP) is 2.37. The van der Waals surface area contributed by atoms with Crippen LogP contribution in [0.5, 0.6) is 5.75 Å². The summed E-state index contributed by atoms with van der Waals surface area (Å²) in [4.78, 5) is 5.48. The molecule has 2 aromatic carbocycles. The van der Waals surface area contributed by atoms with Crippen LogP contribution < -0.4 is 10.3 Å². The van der Waals surface area contributed by atoms with Crippen LogP contribution in [0.1, 0.15) is 0 Å². The molecule has 1 aromatic heterocycles. The van der Waals surface area contributed by atoms with E-state index in [4.69, 9.17) is 4.84 Å². The lowest BCUT2D eigenvalue weighted by Crippen LogP contribution is -2.04. The minimum absolute atomic E-state index is 0.701. The van der Waals surface area contributed by atoms with Crippen molar-refractivity contribution < 1.29 is 4.84 Å². The maximum atomic E-state index is 5.48. The molecule has 0 unspecified atom stereocenters. The highest BCUT2D eigenvalue weighted by Crippen LogP contribution is 2.18. The van der Waals surface area contributed by atoms with E-state index in [0.717, 1.165) is 16.7 Å². The van der Waals surface area contributed by atoms with Crippen molar-refractivity contribution in [2.45, 2.75) is 0 Å². The third-order valence-corrected chi connectivity index (χ3v) is 2.64. The van der Waals surface area contributed by atoms with Crippen molar-refractivity contribution in [3.05, 3.63) is 48.5 Å². The topological polar surface area (TPSA) is 52.0 Å². The lowest BCUT2D eigenvalue weighted by atomic mass is 10.3. The van der Waals surface area contributed by atoms with Crippen LogP contribution in [-0.2, 0) is 7.05 Å². The second-order valence-electron chi connectivity index (χ2n) is 3.93. The van der Waals surface area contributed by atoms with E-state index in [1.807, 2.05) is 55.6 Å². The van der Waals surface area contributed by atoms with Crippen LogP contribution in [-0.4, -0.2) is 15.0 Å². The number of hydrogen-bond acceptors (Lipinski definition) is 4. The van der Waals surface area contributed by atoms with E-state index in [9.17, 15) is 0 Å². The lowest BCUT2D eigenvalue weighted by Gasteiger charge is -2.07. The van der Waals surface area contributed by atoms with Gasteiger partial charge in [0.05, 0.1) is 11.2 Å². The van der Waals surface area contributed by atoms with E-state index in [-0.39, 0.29) is 0 Å². The van der Waals surface area contributed by atoms with Gasteiger partial charge in [-0.15, -0.1) is 5.10 Å². The van der Waals surface area contributed by atoms with Gasteiger partial charge in [0.15, 0.2) is 5.75 Å². The van der Waals surface area contributed by atoms with Crippen LogP contribution in [0, 0.1) is 0 Å². The van der Waals surface area contributed by atoms with E-state index in [1.54, 1.807) is 4.68 Å². The second-order valence-corrected chi connectivity index (χ2v) is 3.93. The van der Waals surface area contributed by atoms with Gasteiger partial charge in [-0.25, -0.2) is 10.2 Å². The van der Waals surface area contributed by atoms with Crippen LogP contribution in [0.3, 0.4) is 0 Å². The van der Waals surface area contributed by atoms with Gasteiger partial charge >= 0.3 is 0 Å². The van der Waals surface area contributed by atoms with Crippen LogP contribution >= 0.6 is 0 Å². The van der Waals surface area contributed by atoms with Gasteiger partial charge in [0.25, 0.3) is 0 Å². The molecule has 0 spiro atoms. The number of nitrogens with one attached hydrogen (secondary N) is 1. The van der Waals surface area contributed by atoms with Gasteiger partial charge in [0, 0.05) is 13.1 Å². The quantitative estimate of drug-likeness (QED) is 0.714. The largest absolute Gasteiger partial charge is 0.382 e. The molecule has 0 atom stereocenters. The third kappa shape index (κ3) is 1.98. The molecule has 3 rings (SSSR count). The molecule has 0 bridgehead atoms. The van der Waals surface area contributed by atoms with E-state index in [1.165, 1.54) is 0 Å². The SMILES string of the molecule is Cn1nnc2cc(ONc3ccccc3)ccc21. The molecule has 0 aliphatic rings. The summed E-state index contributed by atoms with van der Waals surface area (Å²) in [5, 5.41) is 7.98. The monoisotopic (exact) mass is 240 g/mol. The number of benzene rings is 2.